The van der Waals surface area contributed by atoms with Crippen LogP contribution in [0.15, 0.2) is 60.8 Å². The highest BCUT2D eigenvalue weighted by Crippen LogP contribution is 2.44. The third kappa shape index (κ3) is 4.31. The Hall–Kier alpha value is -3.22. The minimum absolute atomic E-state index is 0.0342. The Morgan fingerprint density at radius 1 is 1.06 bits per heavy atom. The molecule has 3 aromatic rings. The van der Waals surface area contributed by atoms with Gasteiger partial charge >= 0.3 is 6.09 Å². The van der Waals surface area contributed by atoms with Gasteiger partial charge < -0.3 is 20.3 Å². The van der Waals surface area contributed by atoms with Crippen LogP contribution in [-0.2, 0) is 4.74 Å². The summed E-state index contributed by atoms with van der Waals surface area (Å²) in [5, 5.41) is 23.2. The molecule has 0 spiro atoms. The number of aryl methyl sites for hydroxylation is 2. The molecule has 6 nitrogen and oxygen atoms in total. The minimum Gasteiger partial charge on any atom is -0.449 e. The van der Waals surface area contributed by atoms with Gasteiger partial charge in [0.25, 0.3) is 0 Å². The van der Waals surface area contributed by atoms with Crippen LogP contribution < -0.4 is 5.32 Å². The molecule has 0 fully saturated rings. The second-order valence-corrected chi connectivity index (χ2v) is 7.93. The lowest BCUT2D eigenvalue weighted by molar-refractivity contribution is 0.0157. The number of rotatable bonds is 6. The van der Waals surface area contributed by atoms with E-state index >= 15 is 0 Å². The van der Waals surface area contributed by atoms with Crippen LogP contribution in [0, 0.1) is 13.8 Å². The van der Waals surface area contributed by atoms with E-state index in [9.17, 15) is 15.0 Å². The highest BCUT2D eigenvalue weighted by atomic mass is 16.5. The number of amides is 1. The molecule has 0 radical (unpaired) electrons. The third-order valence-electron chi connectivity index (χ3n) is 5.70. The molecule has 3 N–H and O–H groups in total. The molecule has 2 atom stereocenters. The monoisotopic (exact) mass is 418 g/mol. The largest absolute Gasteiger partial charge is 0.449 e. The van der Waals surface area contributed by atoms with Crippen molar-refractivity contribution in [2.24, 2.45) is 0 Å². The number of hydrogen-bond donors (Lipinski definition) is 3. The van der Waals surface area contributed by atoms with Crippen molar-refractivity contribution in [1.29, 1.82) is 0 Å². The number of benzene rings is 2. The lowest BCUT2D eigenvalue weighted by Gasteiger charge is -2.20. The molecule has 31 heavy (non-hydrogen) atoms. The molecule has 2 aromatic carbocycles. The molecule has 2 unspecified atom stereocenters. The van der Waals surface area contributed by atoms with Gasteiger partial charge in [-0.05, 0) is 47.2 Å². The minimum atomic E-state index is -1.20. The normalized spacial score (nSPS) is 14.5. The Balaban J connectivity index is 1.35. The van der Waals surface area contributed by atoms with Gasteiger partial charge in [-0.1, -0.05) is 54.6 Å². The number of aliphatic hydroxyl groups is 2. The van der Waals surface area contributed by atoms with Crippen LogP contribution in [0.4, 0.5) is 4.79 Å². The Kier molecular flexibility index (Phi) is 6.02. The van der Waals surface area contributed by atoms with Crippen LogP contribution in [0.1, 0.15) is 40.0 Å². The molecule has 6 heteroatoms. The highest BCUT2D eigenvalue weighted by molar-refractivity contribution is 5.79. The Labute approximate surface area is 181 Å². The summed E-state index contributed by atoms with van der Waals surface area (Å²) in [4.78, 5) is 16.5. The van der Waals surface area contributed by atoms with Gasteiger partial charge in [0, 0.05) is 18.7 Å². The van der Waals surface area contributed by atoms with E-state index in [1.807, 2.05) is 44.2 Å². The summed E-state index contributed by atoms with van der Waals surface area (Å²) in [6.07, 6.45) is -1.40. The van der Waals surface area contributed by atoms with E-state index in [2.05, 4.69) is 34.6 Å². The molecule has 0 bridgehead atoms. The second-order valence-electron chi connectivity index (χ2n) is 7.93. The molecule has 1 heterocycles. The first-order chi connectivity index (χ1) is 15.0. The highest BCUT2D eigenvalue weighted by Gasteiger charge is 2.29. The fraction of sp³-hybridized carbons (Fsp3) is 0.280. The van der Waals surface area contributed by atoms with Crippen molar-refractivity contribution < 1.29 is 19.7 Å². The van der Waals surface area contributed by atoms with E-state index in [0.29, 0.717) is 5.69 Å². The Morgan fingerprint density at radius 2 is 1.68 bits per heavy atom. The van der Waals surface area contributed by atoms with Gasteiger partial charge in [-0.25, -0.2) is 4.79 Å². The van der Waals surface area contributed by atoms with Gasteiger partial charge in [0.15, 0.2) is 0 Å². The quantitative estimate of drug-likeness (QED) is 0.569. The van der Waals surface area contributed by atoms with Crippen LogP contribution in [-0.4, -0.2) is 40.5 Å². The summed E-state index contributed by atoms with van der Waals surface area (Å²) < 4.78 is 5.46. The molecule has 0 saturated carbocycles. The summed E-state index contributed by atoms with van der Waals surface area (Å²) in [5.74, 6) is -0.0342. The van der Waals surface area contributed by atoms with Crippen molar-refractivity contribution in [2.45, 2.75) is 32.0 Å². The molecule has 1 amide bonds. The topological polar surface area (TPSA) is 91.7 Å². The van der Waals surface area contributed by atoms with E-state index in [-0.39, 0.29) is 19.1 Å². The van der Waals surface area contributed by atoms with Gasteiger partial charge in [0.1, 0.15) is 18.8 Å². The van der Waals surface area contributed by atoms with Gasteiger partial charge in [-0.2, -0.15) is 0 Å². The zero-order valence-corrected chi connectivity index (χ0v) is 17.6. The summed E-state index contributed by atoms with van der Waals surface area (Å²) >= 11 is 0. The maximum atomic E-state index is 12.3. The lowest BCUT2D eigenvalue weighted by Crippen LogP contribution is -2.36. The molecule has 0 aliphatic heterocycles. The number of aliphatic hydroxyl groups excluding tert-OH is 2. The van der Waals surface area contributed by atoms with E-state index in [1.54, 1.807) is 6.20 Å². The number of carbonyl (C=O) groups is 1. The molecule has 1 aliphatic carbocycles. The van der Waals surface area contributed by atoms with Gasteiger partial charge in [0.2, 0.25) is 0 Å². The maximum absolute atomic E-state index is 12.3. The van der Waals surface area contributed by atoms with E-state index < -0.39 is 18.3 Å². The molecule has 4 rings (SSSR count). The number of nitrogens with zero attached hydrogens (tertiary/aromatic N) is 1. The number of nitrogens with one attached hydrogen (secondary N) is 1. The number of hydrogen-bond acceptors (Lipinski definition) is 5. The van der Waals surface area contributed by atoms with Crippen LogP contribution in [0.5, 0.6) is 0 Å². The SMILES string of the molecule is Cc1cnc(C(O)C(O)CNC(=O)OCC2c3ccccc3-c3ccccc32)c(C)c1. The van der Waals surface area contributed by atoms with Gasteiger partial charge in [-0.3, -0.25) is 4.98 Å². The predicted molar refractivity (Wildman–Crippen MR) is 118 cm³/mol. The number of fused-ring (bicyclic) bond motifs is 3. The van der Waals surface area contributed by atoms with Crippen molar-refractivity contribution in [3.8, 4) is 11.1 Å². The van der Waals surface area contributed by atoms with Crippen LogP contribution in [0.3, 0.4) is 0 Å². The van der Waals surface area contributed by atoms with Crippen LogP contribution in [0.2, 0.25) is 0 Å². The van der Waals surface area contributed by atoms with Gasteiger partial charge in [0.05, 0.1) is 5.69 Å². The van der Waals surface area contributed by atoms with Crippen molar-refractivity contribution in [1.82, 2.24) is 10.3 Å². The van der Waals surface area contributed by atoms with Crippen molar-refractivity contribution >= 4 is 6.09 Å². The zero-order valence-electron chi connectivity index (χ0n) is 17.6. The number of ether oxygens (including phenoxy) is 1. The van der Waals surface area contributed by atoms with Crippen LogP contribution in [0.25, 0.3) is 11.1 Å². The summed E-state index contributed by atoms with van der Waals surface area (Å²) in [6, 6.07) is 18.1. The van der Waals surface area contributed by atoms with E-state index in [1.165, 1.54) is 0 Å². The molecular weight excluding hydrogens is 392 g/mol. The summed E-state index contributed by atoms with van der Waals surface area (Å²) in [6.45, 7) is 3.78. The molecule has 1 aromatic heterocycles. The second kappa shape index (κ2) is 8.88. The summed E-state index contributed by atoms with van der Waals surface area (Å²) in [7, 11) is 0. The fourth-order valence-electron chi connectivity index (χ4n) is 4.17. The number of alkyl carbamates (subject to hydrolysis) is 1. The molecule has 0 saturated heterocycles. The number of carbonyl (C=O) groups excluding carboxylic acids is 1. The standard InChI is InChI=1S/C25H26N2O4/c1-15-11-16(2)23(26-12-15)24(29)22(28)13-27-25(30)31-14-21-19-9-5-3-7-17(19)18-8-4-6-10-20(18)21/h3-12,21-22,24,28-29H,13-14H2,1-2H3,(H,27,30). The average molecular weight is 418 g/mol. The number of pyridine rings is 1. The van der Waals surface area contributed by atoms with Crippen molar-refractivity contribution in [3.05, 3.63) is 88.7 Å². The predicted octanol–water partition coefficient (Wildman–Crippen LogP) is 3.63. The lowest BCUT2D eigenvalue weighted by atomic mass is 9.98. The Bertz CT molecular complexity index is 1050. The van der Waals surface area contributed by atoms with Crippen LogP contribution >= 0.6 is 0 Å². The maximum Gasteiger partial charge on any atom is 0.407 e. The summed E-state index contributed by atoms with van der Waals surface area (Å²) in [5.41, 5.74) is 6.74. The molecule has 160 valence electrons. The average Bonchev–Trinajstić information content (AvgIpc) is 3.09. The van der Waals surface area contributed by atoms with E-state index in [4.69, 9.17) is 4.74 Å². The zero-order chi connectivity index (χ0) is 22.0. The number of aromatic nitrogens is 1. The fourth-order valence-corrected chi connectivity index (χ4v) is 4.17. The van der Waals surface area contributed by atoms with Gasteiger partial charge in [-0.15, -0.1) is 0 Å². The first-order valence-electron chi connectivity index (χ1n) is 10.3. The first kappa shape index (κ1) is 21.0. The first-order valence-corrected chi connectivity index (χ1v) is 10.3. The van der Waals surface area contributed by atoms with Crippen molar-refractivity contribution in [2.75, 3.05) is 13.2 Å². The Morgan fingerprint density at radius 3 is 2.29 bits per heavy atom. The third-order valence-corrected chi connectivity index (χ3v) is 5.70. The van der Waals surface area contributed by atoms with E-state index in [0.717, 1.165) is 33.4 Å². The molecular formula is C25H26N2O4. The van der Waals surface area contributed by atoms with Crippen molar-refractivity contribution in [3.63, 3.8) is 0 Å². The smallest absolute Gasteiger partial charge is 0.407 e. The molecule has 1 aliphatic rings.